The van der Waals surface area contributed by atoms with E-state index in [0.29, 0.717) is 23.9 Å². The molecule has 2 atom stereocenters. The standard InChI is InChI=1S/C16H21BrN2O.ClH/c17-13-6-2-5-12(7-13)16(20)19-15-10-3-1-4-11(15)9-14(18)8-10;/h2,5-7,10-11,14-15H,1,3-4,8-9,18H2,(H,19,20);1H. The SMILES string of the molecule is Cl.NC1CC2CCCC(C1)C2NC(=O)c1cccc(Br)c1. The van der Waals surface area contributed by atoms with Crippen LogP contribution in [-0.2, 0) is 0 Å². The van der Waals surface area contributed by atoms with Crippen LogP contribution in [0.5, 0.6) is 0 Å². The van der Waals surface area contributed by atoms with Crippen molar-refractivity contribution < 1.29 is 4.79 Å². The number of nitrogens with one attached hydrogen (secondary N) is 1. The molecule has 21 heavy (non-hydrogen) atoms. The summed E-state index contributed by atoms with van der Waals surface area (Å²) in [4.78, 5) is 12.4. The summed E-state index contributed by atoms with van der Waals surface area (Å²) < 4.78 is 0.941. The summed E-state index contributed by atoms with van der Waals surface area (Å²) >= 11 is 3.42. The van der Waals surface area contributed by atoms with Crippen molar-refractivity contribution in [3.8, 4) is 0 Å². The lowest BCUT2D eigenvalue weighted by Crippen LogP contribution is -2.53. The molecule has 3 rings (SSSR count). The molecule has 0 radical (unpaired) electrons. The molecule has 116 valence electrons. The van der Waals surface area contributed by atoms with E-state index in [2.05, 4.69) is 21.2 Å². The van der Waals surface area contributed by atoms with Gasteiger partial charge in [-0.05, 0) is 55.7 Å². The van der Waals surface area contributed by atoms with Crippen molar-refractivity contribution in [2.75, 3.05) is 0 Å². The van der Waals surface area contributed by atoms with E-state index in [1.165, 1.54) is 19.3 Å². The number of benzene rings is 1. The number of amides is 1. The van der Waals surface area contributed by atoms with E-state index in [1.54, 1.807) is 0 Å². The molecule has 2 unspecified atom stereocenters. The van der Waals surface area contributed by atoms with Crippen LogP contribution in [0.1, 0.15) is 42.5 Å². The molecule has 2 fully saturated rings. The largest absolute Gasteiger partial charge is 0.349 e. The van der Waals surface area contributed by atoms with Gasteiger partial charge in [0, 0.05) is 22.1 Å². The van der Waals surface area contributed by atoms with Gasteiger partial charge >= 0.3 is 0 Å². The van der Waals surface area contributed by atoms with Crippen LogP contribution < -0.4 is 11.1 Å². The number of rotatable bonds is 2. The number of halogens is 2. The van der Waals surface area contributed by atoms with Gasteiger partial charge in [-0.3, -0.25) is 4.79 Å². The third-order valence-corrected chi connectivity index (χ3v) is 5.25. The summed E-state index contributed by atoms with van der Waals surface area (Å²) in [5, 5.41) is 3.27. The minimum absolute atomic E-state index is 0. The van der Waals surface area contributed by atoms with Crippen LogP contribution in [0.2, 0.25) is 0 Å². The van der Waals surface area contributed by atoms with E-state index < -0.39 is 0 Å². The van der Waals surface area contributed by atoms with Gasteiger partial charge in [-0.2, -0.15) is 0 Å². The molecular formula is C16H22BrClN2O. The second kappa shape index (κ2) is 7.12. The first kappa shape index (κ1) is 16.8. The third-order valence-electron chi connectivity index (χ3n) is 4.76. The Balaban J connectivity index is 0.00000161. The molecular weight excluding hydrogens is 352 g/mol. The van der Waals surface area contributed by atoms with E-state index in [1.807, 2.05) is 24.3 Å². The molecule has 3 nitrogen and oxygen atoms in total. The summed E-state index contributed by atoms with van der Waals surface area (Å²) in [5.74, 6) is 1.17. The highest BCUT2D eigenvalue weighted by molar-refractivity contribution is 9.10. The van der Waals surface area contributed by atoms with E-state index in [-0.39, 0.29) is 18.3 Å². The molecule has 0 spiro atoms. The summed E-state index contributed by atoms with van der Waals surface area (Å²) in [7, 11) is 0. The first-order valence-corrected chi connectivity index (χ1v) is 8.25. The number of fused-ring (bicyclic) bond motifs is 2. The maximum Gasteiger partial charge on any atom is 0.251 e. The van der Waals surface area contributed by atoms with E-state index >= 15 is 0 Å². The van der Waals surface area contributed by atoms with Gasteiger partial charge in [0.25, 0.3) is 5.91 Å². The molecule has 1 aromatic carbocycles. The first-order chi connectivity index (χ1) is 9.63. The first-order valence-electron chi connectivity index (χ1n) is 7.45. The third kappa shape index (κ3) is 3.79. The van der Waals surface area contributed by atoms with Crippen LogP contribution in [-0.4, -0.2) is 18.0 Å². The smallest absolute Gasteiger partial charge is 0.251 e. The normalized spacial score (nSPS) is 31.1. The van der Waals surface area contributed by atoms with Gasteiger partial charge in [-0.15, -0.1) is 12.4 Å². The quantitative estimate of drug-likeness (QED) is 0.833. The highest BCUT2D eigenvalue weighted by Crippen LogP contribution is 2.39. The van der Waals surface area contributed by atoms with Gasteiger partial charge in [0.2, 0.25) is 0 Å². The molecule has 2 aliphatic rings. The molecule has 2 bridgehead atoms. The number of hydrogen-bond donors (Lipinski definition) is 2. The van der Waals surface area contributed by atoms with Crippen LogP contribution in [0.15, 0.2) is 28.7 Å². The van der Waals surface area contributed by atoms with E-state index in [4.69, 9.17) is 5.73 Å². The number of carbonyl (C=O) groups excluding carboxylic acids is 1. The number of carbonyl (C=O) groups is 1. The zero-order valence-electron chi connectivity index (χ0n) is 11.9. The number of hydrogen-bond acceptors (Lipinski definition) is 2. The zero-order valence-corrected chi connectivity index (χ0v) is 14.3. The molecule has 1 amide bonds. The predicted octanol–water partition coefficient (Wildman–Crippen LogP) is 3.51. The molecule has 0 saturated heterocycles. The Labute approximate surface area is 140 Å². The summed E-state index contributed by atoms with van der Waals surface area (Å²) in [5.41, 5.74) is 6.86. The average molecular weight is 374 g/mol. The van der Waals surface area contributed by atoms with Gasteiger partial charge < -0.3 is 11.1 Å². The molecule has 0 aliphatic heterocycles. The van der Waals surface area contributed by atoms with Gasteiger partial charge in [0.1, 0.15) is 0 Å². The highest BCUT2D eigenvalue weighted by Gasteiger charge is 2.39. The van der Waals surface area contributed by atoms with Crippen LogP contribution in [0.4, 0.5) is 0 Å². The van der Waals surface area contributed by atoms with Crippen molar-refractivity contribution in [1.29, 1.82) is 0 Å². The second-order valence-corrected chi connectivity index (χ2v) is 7.11. The highest BCUT2D eigenvalue weighted by atomic mass is 79.9. The topological polar surface area (TPSA) is 55.1 Å². The van der Waals surface area contributed by atoms with Gasteiger partial charge in [0.05, 0.1) is 0 Å². The predicted molar refractivity (Wildman–Crippen MR) is 90.7 cm³/mol. The molecule has 0 aromatic heterocycles. The summed E-state index contributed by atoms with van der Waals surface area (Å²) in [6, 6.07) is 8.21. The van der Waals surface area contributed by atoms with Crippen LogP contribution in [0.25, 0.3) is 0 Å². The Morgan fingerprint density at radius 3 is 2.52 bits per heavy atom. The Morgan fingerprint density at radius 1 is 1.24 bits per heavy atom. The van der Waals surface area contributed by atoms with Crippen LogP contribution in [0, 0.1) is 11.8 Å². The summed E-state index contributed by atoms with van der Waals surface area (Å²) in [6.45, 7) is 0. The minimum Gasteiger partial charge on any atom is -0.349 e. The molecule has 2 saturated carbocycles. The Morgan fingerprint density at radius 2 is 1.90 bits per heavy atom. The van der Waals surface area contributed by atoms with Gasteiger partial charge in [0.15, 0.2) is 0 Å². The van der Waals surface area contributed by atoms with Crippen molar-refractivity contribution >= 4 is 34.2 Å². The van der Waals surface area contributed by atoms with Crippen molar-refractivity contribution in [1.82, 2.24) is 5.32 Å². The van der Waals surface area contributed by atoms with Gasteiger partial charge in [-0.1, -0.05) is 28.4 Å². The second-order valence-electron chi connectivity index (χ2n) is 6.19. The fraction of sp³-hybridized carbons (Fsp3) is 0.562. The Kier molecular flexibility index (Phi) is 5.69. The fourth-order valence-electron chi connectivity index (χ4n) is 3.89. The number of nitrogens with two attached hydrogens (primary N) is 1. The minimum atomic E-state index is 0. The fourth-order valence-corrected chi connectivity index (χ4v) is 4.29. The lowest BCUT2D eigenvalue weighted by molar-refractivity contribution is 0.0756. The zero-order chi connectivity index (χ0) is 14.1. The molecule has 3 N–H and O–H groups in total. The maximum absolute atomic E-state index is 12.4. The lowest BCUT2D eigenvalue weighted by Gasteiger charge is -2.45. The molecule has 5 heteroatoms. The van der Waals surface area contributed by atoms with Crippen molar-refractivity contribution in [3.05, 3.63) is 34.3 Å². The molecule has 2 aliphatic carbocycles. The monoisotopic (exact) mass is 372 g/mol. The van der Waals surface area contributed by atoms with E-state index in [0.717, 1.165) is 22.9 Å². The Bertz CT molecular complexity index is 497. The summed E-state index contributed by atoms with van der Waals surface area (Å²) in [6.07, 6.45) is 5.80. The van der Waals surface area contributed by atoms with Crippen molar-refractivity contribution in [2.45, 2.75) is 44.2 Å². The molecule has 0 heterocycles. The maximum atomic E-state index is 12.4. The molecule has 1 aromatic rings. The van der Waals surface area contributed by atoms with Crippen LogP contribution >= 0.6 is 28.3 Å². The van der Waals surface area contributed by atoms with Crippen molar-refractivity contribution in [2.24, 2.45) is 17.6 Å². The Hall–Kier alpha value is -0.580. The lowest BCUT2D eigenvalue weighted by atomic mass is 9.67. The van der Waals surface area contributed by atoms with E-state index in [9.17, 15) is 4.79 Å². The average Bonchev–Trinajstić information content (AvgIpc) is 2.39. The van der Waals surface area contributed by atoms with Gasteiger partial charge in [-0.25, -0.2) is 0 Å². The van der Waals surface area contributed by atoms with Crippen LogP contribution in [0.3, 0.4) is 0 Å². The van der Waals surface area contributed by atoms with Crippen molar-refractivity contribution in [3.63, 3.8) is 0 Å².